The first-order valence-corrected chi connectivity index (χ1v) is 8.35. The maximum Gasteiger partial charge on any atom is 0.108 e. The van der Waals surface area contributed by atoms with Gasteiger partial charge in [0.1, 0.15) is 5.76 Å². The van der Waals surface area contributed by atoms with Crippen LogP contribution in [0.15, 0.2) is 16.7 Å². The molecule has 3 heterocycles. The van der Waals surface area contributed by atoms with E-state index in [-0.39, 0.29) is 0 Å². The zero-order chi connectivity index (χ0) is 13.5. The van der Waals surface area contributed by atoms with Crippen LogP contribution in [0.25, 0.3) is 0 Å². The quantitative estimate of drug-likeness (QED) is 0.897. The molecule has 0 aromatic carbocycles. The van der Waals surface area contributed by atoms with E-state index in [1.54, 1.807) is 0 Å². The lowest BCUT2D eigenvalue weighted by Crippen LogP contribution is -2.55. The molecule has 3 aliphatic rings. The van der Waals surface area contributed by atoms with Crippen molar-refractivity contribution in [3.05, 3.63) is 23.7 Å². The minimum Gasteiger partial charge on any atom is -0.469 e. The van der Waals surface area contributed by atoms with Crippen molar-refractivity contribution in [1.82, 2.24) is 10.2 Å². The third kappa shape index (κ3) is 2.21. The van der Waals surface area contributed by atoms with Crippen molar-refractivity contribution in [2.75, 3.05) is 7.05 Å². The van der Waals surface area contributed by atoms with Crippen LogP contribution < -0.4 is 5.32 Å². The fourth-order valence-electron chi connectivity index (χ4n) is 4.70. The first-order chi connectivity index (χ1) is 9.81. The summed E-state index contributed by atoms with van der Waals surface area (Å²) in [6.07, 6.45) is 12.4. The lowest BCUT2D eigenvalue weighted by molar-refractivity contribution is 0.0451. The minimum atomic E-state index is 0.534. The molecule has 0 saturated carbocycles. The molecule has 2 saturated heterocycles. The third-order valence-corrected chi connectivity index (χ3v) is 5.83. The molecule has 110 valence electrons. The summed E-state index contributed by atoms with van der Waals surface area (Å²) in [5, 5.41) is 3.96. The van der Waals surface area contributed by atoms with E-state index in [0.29, 0.717) is 12.1 Å². The second-order valence-electron chi connectivity index (χ2n) is 6.98. The van der Waals surface area contributed by atoms with Crippen LogP contribution in [-0.2, 0) is 6.42 Å². The lowest BCUT2D eigenvalue weighted by atomic mass is 9.81. The molecule has 2 fully saturated rings. The van der Waals surface area contributed by atoms with Gasteiger partial charge in [0.05, 0.1) is 6.26 Å². The maximum absolute atomic E-state index is 5.62. The molecule has 0 spiro atoms. The van der Waals surface area contributed by atoms with Crippen molar-refractivity contribution < 1.29 is 4.42 Å². The van der Waals surface area contributed by atoms with Crippen LogP contribution in [0.5, 0.6) is 0 Å². The number of hydrogen-bond donors (Lipinski definition) is 1. The Morgan fingerprint density at radius 2 is 1.95 bits per heavy atom. The van der Waals surface area contributed by atoms with Crippen LogP contribution in [0.3, 0.4) is 0 Å². The largest absolute Gasteiger partial charge is 0.469 e. The Hall–Kier alpha value is -0.800. The Kier molecular flexibility index (Phi) is 3.35. The highest BCUT2D eigenvalue weighted by Gasteiger charge is 2.37. The van der Waals surface area contributed by atoms with Gasteiger partial charge in [-0.05, 0) is 51.6 Å². The van der Waals surface area contributed by atoms with E-state index < -0.39 is 0 Å². The molecule has 1 aromatic rings. The smallest absolute Gasteiger partial charge is 0.108 e. The van der Waals surface area contributed by atoms with Crippen molar-refractivity contribution in [3.63, 3.8) is 0 Å². The predicted octanol–water partition coefficient (Wildman–Crippen LogP) is 3.26. The van der Waals surface area contributed by atoms with Crippen LogP contribution in [0.2, 0.25) is 0 Å². The summed E-state index contributed by atoms with van der Waals surface area (Å²) in [5.74, 6) is 1.22. The number of aryl methyl sites for hydroxylation is 1. The summed E-state index contributed by atoms with van der Waals surface area (Å²) in [7, 11) is 2.33. The molecule has 4 rings (SSSR count). The number of furan rings is 1. The lowest BCUT2D eigenvalue weighted by Gasteiger charge is -2.48. The molecule has 0 amide bonds. The van der Waals surface area contributed by atoms with E-state index in [9.17, 15) is 0 Å². The summed E-state index contributed by atoms with van der Waals surface area (Å²) < 4.78 is 5.62. The van der Waals surface area contributed by atoms with Gasteiger partial charge in [0.2, 0.25) is 0 Å². The third-order valence-electron chi connectivity index (χ3n) is 5.83. The molecule has 3 nitrogen and oxygen atoms in total. The highest BCUT2D eigenvalue weighted by molar-refractivity contribution is 5.24. The van der Waals surface area contributed by atoms with Gasteiger partial charge in [-0.3, -0.25) is 0 Å². The normalized spacial score (nSPS) is 37.6. The van der Waals surface area contributed by atoms with Gasteiger partial charge in [-0.2, -0.15) is 0 Å². The van der Waals surface area contributed by atoms with Gasteiger partial charge >= 0.3 is 0 Å². The van der Waals surface area contributed by atoms with Crippen LogP contribution in [0, 0.1) is 0 Å². The van der Waals surface area contributed by atoms with E-state index in [2.05, 4.69) is 23.3 Å². The second-order valence-corrected chi connectivity index (χ2v) is 6.98. The fourth-order valence-corrected chi connectivity index (χ4v) is 4.70. The molecular weight excluding hydrogens is 248 g/mol. The topological polar surface area (TPSA) is 28.4 Å². The number of hydrogen-bond acceptors (Lipinski definition) is 3. The van der Waals surface area contributed by atoms with Gasteiger partial charge in [-0.25, -0.2) is 0 Å². The van der Waals surface area contributed by atoms with Crippen molar-refractivity contribution in [3.8, 4) is 0 Å². The first-order valence-electron chi connectivity index (χ1n) is 8.35. The molecule has 20 heavy (non-hydrogen) atoms. The van der Waals surface area contributed by atoms with Gasteiger partial charge in [0, 0.05) is 36.2 Å². The molecule has 1 aromatic heterocycles. The Morgan fingerprint density at radius 3 is 2.75 bits per heavy atom. The van der Waals surface area contributed by atoms with Crippen LogP contribution in [0.4, 0.5) is 0 Å². The standard InChI is InChI=1S/C17H26N2O/c1-19-13-4-2-5-14(19)11-12(10-13)18-16-6-3-7-17-15(16)8-9-20-17/h8-9,12-14,16,18H,2-7,10-11H2,1H3. The first kappa shape index (κ1) is 12.9. The molecular formula is C17H26N2O. The van der Waals surface area contributed by atoms with Crippen molar-refractivity contribution in [1.29, 1.82) is 0 Å². The van der Waals surface area contributed by atoms with E-state index in [0.717, 1.165) is 18.5 Å². The number of rotatable bonds is 2. The maximum atomic E-state index is 5.62. The van der Waals surface area contributed by atoms with E-state index in [4.69, 9.17) is 4.42 Å². The summed E-state index contributed by atoms with van der Waals surface area (Å²) in [4.78, 5) is 2.64. The SMILES string of the molecule is CN1C2CCCC1CC(NC1CCCc3occc31)C2. The number of nitrogens with one attached hydrogen (secondary N) is 1. The molecule has 3 atom stereocenters. The molecule has 1 aliphatic carbocycles. The summed E-state index contributed by atoms with van der Waals surface area (Å²) >= 11 is 0. The zero-order valence-corrected chi connectivity index (χ0v) is 12.5. The molecule has 2 bridgehead atoms. The zero-order valence-electron chi connectivity index (χ0n) is 12.5. The monoisotopic (exact) mass is 274 g/mol. The summed E-state index contributed by atoms with van der Waals surface area (Å²) in [6.45, 7) is 0. The molecule has 3 unspecified atom stereocenters. The van der Waals surface area contributed by atoms with Gasteiger partial charge in [-0.15, -0.1) is 0 Å². The van der Waals surface area contributed by atoms with Gasteiger partial charge in [-0.1, -0.05) is 6.42 Å². The minimum absolute atomic E-state index is 0.534. The van der Waals surface area contributed by atoms with Gasteiger partial charge < -0.3 is 14.6 Å². The Morgan fingerprint density at radius 1 is 1.15 bits per heavy atom. The van der Waals surface area contributed by atoms with Gasteiger partial charge in [0.25, 0.3) is 0 Å². The van der Waals surface area contributed by atoms with E-state index in [1.165, 1.54) is 56.3 Å². The van der Waals surface area contributed by atoms with Crippen LogP contribution in [0.1, 0.15) is 62.3 Å². The van der Waals surface area contributed by atoms with Crippen LogP contribution >= 0.6 is 0 Å². The average Bonchev–Trinajstić information content (AvgIpc) is 2.89. The molecule has 0 radical (unpaired) electrons. The molecule has 1 N–H and O–H groups in total. The highest BCUT2D eigenvalue weighted by Crippen LogP contribution is 2.36. The average molecular weight is 274 g/mol. The van der Waals surface area contributed by atoms with Gasteiger partial charge in [0.15, 0.2) is 0 Å². The number of piperidine rings is 2. The van der Waals surface area contributed by atoms with Crippen molar-refractivity contribution in [2.24, 2.45) is 0 Å². The predicted molar refractivity (Wildman–Crippen MR) is 79.7 cm³/mol. The number of fused-ring (bicyclic) bond motifs is 3. The Bertz CT molecular complexity index is 455. The van der Waals surface area contributed by atoms with E-state index in [1.807, 2.05) is 6.26 Å². The Balaban J connectivity index is 1.46. The highest BCUT2D eigenvalue weighted by atomic mass is 16.3. The summed E-state index contributed by atoms with van der Waals surface area (Å²) in [5.41, 5.74) is 1.43. The van der Waals surface area contributed by atoms with Crippen molar-refractivity contribution >= 4 is 0 Å². The fraction of sp³-hybridized carbons (Fsp3) is 0.765. The second kappa shape index (κ2) is 5.19. The van der Waals surface area contributed by atoms with E-state index >= 15 is 0 Å². The molecule has 2 aliphatic heterocycles. The Labute approximate surface area is 121 Å². The molecule has 3 heteroatoms. The summed E-state index contributed by atoms with van der Waals surface area (Å²) in [6, 6.07) is 5.04. The van der Waals surface area contributed by atoms with Crippen LogP contribution in [-0.4, -0.2) is 30.1 Å². The number of nitrogens with zero attached hydrogens (tertiary/aromatic N) is 1. The van der Waals surface area contributed by atoms with Crippen molar-refractivity contribution in [2.45, 2.75) is 75.5 Å².